The summed E-state index contributed by atoms with van der Waals surface area (Å²) in [7, 11) is 0. The molecular formula is C48H32N4O. The first-order valence-corrected chi connectivity index (χ1v) is 18.0. The minimum absolute atomic E-state index is 0.192. The van der Waals surface area contributed by atoms with E-state index in [1.807, 2.05) is 66.7 Å². The minimum atomic E-state index is -0.192. The lowest BCUT2D eigenvalue weighted by atomic mass is 9.82. The van der Waals surface area contributed by atoms with Crippen molar-refractivity contribution in [1.29, 1.82) is 0 Å². The molecular weight excluding hydrogens is 649 g/mol. The third-order valence-electron chi connectivity index (χ3n) is 11.0. The van der Waals surface area contributed by atoms with E-state index in [-0.39, 0.29) is 5.41 Å². The summed E-state index contributed by atoms with van der Waals surface area (Å²) in [6.07, 6.45) is 0. The third kappa shape index (κ3) is 4.47. The second-order valence-electron chi connectivity index (χ2n) is 14.5. The maximum Gasteiger partial charge on any atom is 0.164 e. The highest BCUT2D eigenvalue weighted by Gasteiger charge is 2.37. The number of rotatable bonds is 4. The van der Waals surface area contributed by atoms with Crippen LogP contribution in [0.4, 0.5) is 0 Å². The summed E-state index contributed by atoms with van der Waals surface area (Å²) in [5.41, 5.74) is 13.1. The van der Waals surface area contributed by atoms with Crippen LogP contribution < -0.4 is 0 Å². The molecule has 0 saturated heterocycles. The summed E-state index contributed by atoms with van der Waals surface area (Å²) in [6, 6.07) is 55.3. The largest absolute Gasteiger partial charge is 0.456 e. The lowest BCUT2D eigenvalue weighted by Gasteiger charge is -2.22. The maximum atomic E-state index is 6.36. The van der Waals surface area contributed by atoms with Crippen molar-refractivity contribution < 1.29 is 4.42 Å². The molecule has 5 nitrogen and oxygen atoms in total. The van der Waals surface area contributed by atoms with Gasteiger partial charge in [0.2, 0.25) is 0 Å². The zero-order valence-corrected chi connectivity index (χ0v) is 29.2. The predicted octanol–water partition coefficient (Wildman–Crippen LogP) is 12.2. The second kappa shape index (κ2) is 11.1. The average Bonchev–Trinajstić information content (AvgIpc) is 3.82. The molecule has 10 aromatic rings. The Morgan fingerprint density at radius 1 is 0.434 bits per heavy atom. The fraction of sp³-hybridized carbons (Fsp3) is 0.0625. The number of hydrogen-bond donors (Lipinski definition) is 0. The first-order chi connectivity index (χ1) is 26.0. The summed E-state index contributed by atoms with van der Waals surface area (Å²) < 4.78 is 8.76. The van der Waals surface area contributed by atoms with Gasteiger partial charge in [0, 0.05) is 49.3 Å². The molecule has 0 spiro atoms. The number of aromatic nitrogens is 4. The fourth-order valence-corrected chi connectivity index (χ4v) is 8.39. The van der Waals surface area contributed by atoms with Gasteiger partial charge in [-0.2, -0.15) is 0 Å². The van der Waals surface area contributed by atoms with Gasteiger partial charge in [-0.05, 0) is 82.9 Å². The number of furan rings is 1. The van der Waals surface area contributed by atoms with E-state index >= 15 is 0 Å². The standard InChI is InChI=1S/C48H32N4O/c1-48(2)39-26-38-34-18-10-12-20-43(34)53-44(38)27-36(39)35-25-37-33-17-9-11-19-41(33)52(42(37)28-40(35)48)32-23-21-31(22-24-32)47-50-45(29-13-5-3-6-14-29)49-46(51-47)30-15-7-4-8-16-30/h3-28H,1-2H3. The van der Waals surface area contributed by atoms with E-state index in [4.69, 9.17) is 19.4 Å². The Balaban J connectivity index is 1.06. The zero-order chi connectivity index (χ0) is 35.3. The van der Waals surface area contributed by atoms with Crippen LogP contribution in [0.15, 0.2) is 162 Å². The summed E-state index contributed by atoms with van der Waals surface area (Å²) >= 11 is 0. The monoisotopic (exact) mass is 680 g/mol. The van der Waals surface area contributed by atoms with Crippen molar-refractivity contribution >= 4 is 43.7 Å². The van der Waals surface area contributed by atoms with Crippen molar-refractivity contribution in [1.82, 2.24) is 19.5 Å². The maximum absolute atomic E-state index is 6.36. The SMILES string of the molecule is CC1(C)c2cc3c(cc2-c2cc4c5ccccc5n(-c5ccc(-c6nc(-c7ccccc7)nc(-c7ccccc7)n6)cc5)c4cc21)oc1ccccc13. The third-order valence-corrected chi connectivity index (χ3v) is 11.0. The van der Waals surface area contributed by atoms with E-state index < -0.39 is 0 Å². The van der Waals surface area contributed by atoms with Crippen molar-refractivity contribution in [2.45, 2.75) is 19.3 Å². The van der Waals surface area contributed by atoms with Crippen molar-refractivity contribution in [3.05, 3.63) is 169 Å². The molecule has 0 saturated carbocycles. The van der Waals surface area contributed by atoms with Gasteiger partial charge in [-0.3, -0.25) is 0 Å². The van der Waals surface area contributed by atoms with Crippen LogP contribution in [0.25, 0.3) is 94.7 Å². The van der Waals surface area contributed by atoms with E-state index in [0.717, 1.165) is 38.9 Å². The molecule has 0 radical (unpaired) electrons. The van der Waals surface area contributed by atoms with Crippen molar-refractivity contribution in [2.24, 2.45) is 0 Å². The molecule has 0 unspecified atom stereocenters. The topological polar surface area (TPSA) is 56.7 Å². The molecule has 1 aliphatic carbocycles. The van der Waals surface area contributed by atoms with Gasteiger partial charge in [0.1, 0.15) is 11.2 Å². The predicted molar refractivity (Wildman–Crippen MR) is 215 cm³/mol. The number of benzene rings is 7. The van der Waals surface area contributed by atoms with Crippen LogP contribution in [0.1, 0.15) is 25.0 Å². The number of nitrogens with zero attached hydrogens (tertiary/aromatic N) is 4. The molecule has 0 amide bonds. The Bertz CT molecular complexity index is 3010. The molecule has 11 rings (SSSR count). The van der Waals surface area contributed by atoms with Gasteiger partial charge in [-0.1, -0.05) is 111 Å². The quantitative estimate of drug-likeness (QED) is 0.186. The average molecular weight is 681 g/mol. The zero-order valence-electron chi connectivity index (χ0n) is 29.2. The molecule has 0 fully saturated rings. The van der Waals surface area contributed by atoms with E-state index in [0.29, 0.717) is 17.5 Å². The van der Waals surface area contributed by atoms with Gasteiger partial charge in [0.05, 0.1) is 11.0 Å². The summed E-state index contributed by atoms with van der Waals surface area (Å²) in [5, 5.41) is 4.79. The first kappa shape index (κ1) is 29.8. The van der Waals surface area contributed by atoms with Crippen LogP contribution in [-0.4, -0.2) is 19.5 Å². The van der Waals surface area contributed by atoms with Gasteiger partial charge in [-0.15, -0.1) is 0 Å². The molecule has 0 N–H and O–H groups in total. The van der Waals surface area contributed by atoms with Crippen molar-refractivity contribution in [3.63, 3.8) is 0 Å². The summed E-state index contributed by atoms with van der Waals surface area (Å²) in [4.78, 5) is 14.8. The van der Waals surface area contributed by atoms with Crippen LogP contribution >= 0.6 is 0 Å². The summed E-state index contributed by atoms with van der Waals surface area (Å²) in [5.74, 6) is 1.95. The van der Waals surface area contributed by atoms with Gasteiger partial charge in [0.15, 0.2) is 17.5 Å². The van der Waals surface area contributed by atoms with Crippen LogP contribution in [0.2, 0.25) is 0 Å². The molecule has 7 aromatic carbocycles. The Morgan fingerprint density at radius 3 is 1.66 bits per heavy atom. The molecule has 0 bridgehead atoms. The molecule has 0 aliphatic heterocycles. The fourth-order valence-electron chi connectivity index (χ4n) is 8.39. The Hall–Kier alpha value is -6.85. The van der Waals surface area contributed by atoms with Crippen molar-refractivity contribution in [3.8, 4) is 51.0 Å². The van der Waals surface area contributed by atoms with Gasteiger partial charge < -0.3 is 8.98 Å². The van der Waals surface area contributed by atoms with Gasteiger partial charge in [-0.25, -0.2) is 15.0 Å². The van der Waals surface area contributed by atoms with Crippen LogP contribution in [-0.2, 0) is 5.41 Å². The van der Waals surface area contributed by atoms with Gasteiger partial charge >= 0.3 is 0 Å². The molecule has 0 atom stereocenters. The normalized spacial score (nSPS) is 13.2. The number of hydrogen-bond acceptors (Lipinski definition) is 4. The van der Waals surface area contributed by atoms with Crippen LogP contribution in [0, 0.1) is 0 Å². The molecule has 5 heteroatoms. The van der Waals surface area contributed by atoms with E-state index in [1.54, 1.807) is 0 Å². The van der Waals surface area contributed by atoms with Crippen LogP contribution in [0.3, 0.4) is 0 Å². The second-order valence-corrected chi connectivity index (χ2v) is 14.5. The van der Waals surface area contributed by atoms with E-state index in [1.165, 1.54) is 49.4 Å². The molecule has 3 heterocycles. The highest BCUT2D eigenvalue weighted by atomic mass is 16.3. The number of fused-ring (bicyclic) bond motifs is 9. The minimum Gasteiger partial charge on any atom is -0.456 e. The molecule has 53 heavy (non-hydrogen) atoms. The highest BCUT2D eigenvalue weighted by Crippen LogP contribution is 2.52. The smallest absolute Gasteiger partial charge is 0.164 e. The van der Waals surface area contributed by atoms with Crippen LogP contribution in [0.5, 0.6) is 0 Å². The van der Waals surface area contributed by atoms with E-state index in [9.17, 15) is 0 Å². The highest BCUT2D eigenvalue weighted by molar-refractivity contribution is 6.13. The summed E-state index contributed by atoms with van der Waals surface area (Å²) in [6.45, 7) is 4.70. The first-order valence-electron chi connectivity index (χ1n) is 18.0. The number of para-hydroxylation sites is 2. The lowest BCUT2D eigenvalue weighted by Crippen LogP contribution is -2.15. The Morgan fingerprint density at radius 2 is 0.981 bits per heavy atom. The molecule has 250 valence electrons. The van der Waals surface area contributed by atoms with E-state index in [2.05, 4.69) is 109 Å². The van der Waals surface area contributed by atoms with Crippen molar-refractivity contribution in [2.75, 3.05) is 0 Å². The molecule has 3 aromatic heterocycles. The van der Waals surface area contributed by atoms with Gasteiger partial charge in [0.25, 0.3) is 0 Å². The Labute approximate surface area is 305 Å². The molecule has 1 aliphatic rings. The lowest BCUT2D eigenvalue weighted by molar-refractivity contribution is 0.658. The Kier molecular flexibility index (Phi) is 6.23.